The largest absolute Gasteiger partial charge is 0.481 e. The molecule has 0 radical (unpaired) electrons. The standard InChI is InChI=1S/C15H26N2O3/c1-14(2,12(18)19)11-6-4-9-17(10-11)13(20)16-15(3)7-5-8-15/h11H,4-10H2,1-3H3,(H,16,20)(H,18,19). The van der Waals surface area contributed by atoms with Gasteiger partial charge in [-0.3, -0.25) is 4.79 Å². The minimum atomic E-state index is -0.782. The van der Waals surface area contributed by atoms with Gasteiger partial charge in [0.1, 0.15) is 0 Å². The third kappa shape index (κ3) is 2.91. The topological polar surface area (TPSA) is 69.6 Å². The zero-order chi connectivity index (χ0) is 15.0. The fourth-order valence-electron chi connectivity index (χ4n) is 3.09. The van der Waals surface area contributed by atoms with Crippen molar-refractivity contribution in [1.29, 1.82) is 0 Å². The van der Waals surface area contributed by atoms with E-state index in [1.165, 1.54) is 6.42 Å². The van der Waals surface area contributed by atoms with Gasteiger partial charge < -0.3 is 15.3 Å². The lowest BCUT2D eigenvalue weighted by molar-refractivity contribution is -0.151. The van der Waals surface area contributed by atoms with Gasteiger partial charge in [0, 0.05) is 18.6 Å². The van der Waals surface area contributed by atoms with Gasteiger partial charge in [0.25, 0.3) is 0 Å². The molecule has 2 amide bonds. The van der Waals surface area contributed by atoms with Gasteiger partial charge in [-0.05, 0) is 58.8 Å². The van der Waals surface area contributed by atoms with Gasteiger partial charge in [-0.25, -0.2) is 4.79 Å². The van der Waals surface area contributed by atoms with Crippen molar-refractivity contribution in [2.45, 2.75) is 58.4 Å². The van der Waals surface area contributed by atoms with Gasteiger partial charge in [0.15, 0.2) is 0 Å². The number of carbonyl (C=O) groups excluding carboxylic acids is 1. The summed E-state index contributed by atoms with van der Waals surface area (Å²) < 4.78 is 0. The Labute approximate surface area is 120 Å². The first-order chi connectivity index (χ1) is 9.24. The van der Waals surface area contributed by atoms with Gasteiger partial charge >= 0.3 is 12.0 Å². The highest BCUT2D eigenvalue weighted by atomic mass is 16.4. The number of carboxylic acid groups (broad SMARTS) is 1. The van der Waals surface area contributed by atoms with Crippen LogP contribution in [-0.2, 0) is 4.79 Å². The fourth-order valence-corrected chi connectivity index (χ4v) is 3.09. The summed E-state index contributed by atoms with van der Waals surface area (Å²) in [5, 5.41) is 12.4. The average molecular weight is 282 g/mol. The van der Waals surface area contributed by atoms with Crippen molar-refractivity contribution < 1.29 is 14.7 Å². The van der Waals surface area contributed by atoms with E-state index in [1.54, 1.807) is 18.7 Å². The second-order valence-electron chi connectivity index (χ2n) is 7.16. The number of hydrogen-bond acceptors (Lipinski definition) is 2. The molecule has 0 aromatic rings. The number of urea groups is 1. The molecule has 0 bridgehead atoms. The van der Waals surface area contributed by atoms with Gasteiger partial charge in [-0.15, -0.1) is 0 Å². The maximum atomic E-state index is 12.3. The number of nitrogens with one attached hydrogen (secondary N) is 1. The lowest BCUT2D eigenvalue weighted by Crippen LogP contribution is -2.57. The van der Waals surface area contributed by atoms with E-state index in [9.17, 15) is 14.7 Å². The monoisotopic (exact) mass is 282 g/mol. The quantitative estimate of drug-likeness (QED) is 0.835. The van der Waals surface area contributed by atoms with Gasteiger partial charge in [0.2, 0.25) is 0 Å². The molecule has 1 aliphatic carbocycles. The maximum absolute atomic E-state index is 12.3. The van der Waals surface area contributed by atoms with Crippen LogP contribution in [0.4, 0.5) is 4.79 Å². The Morgan fingerprint density at radius 2 is 1.95 bits per heavy atom. The molecule has 2 N–H and O–H groups in total. The number of carboxylic acids is 1. The van der Waals surface area contributed by atoms with E-state index in [4.69, 9.17) is 0 Å². The van der Waals surface area contributed by atoms with Crippen LogP contribution in [-0.4, -0.2) is 40.6 Å². The Morgan fingerprint density at radius 1 is 1.30 bits per heavy atom. The van der Waals surface area contributed by atoms with Crippen LogP contribution in [0.3, 0.4) is 0 Å². The number of piperidine rings is 1. The predicted octanol–water partition coefficient (Wildman–Crippen LogP) is 2.46. The minimum Gasteiger partial charge on any atom is -0.481 e. The predicted molar refractivity (Wildman–Crippen MR) is 76.5 cm³/mol. The van der Waals surface area contributed by atoms with Crippen LogP contribution in [0, 0.1) is 11.3 Å². The molecular formula is C15H26N2O3. The first-order valence-corrected chi connectivity index (χ1v) is 7.55. The average Bonchev–Trinajstić information content (AvgIpc) is 2.36. The molecule has 20 heavy (non-hydrogen) atoms. The normalized spacial score (nSPS) is 25.8. The van der Waals surface area contributed by atoms with Crippen molar-refractivity contribution in [3.63, 3.8) is 0 Å². The van der Waals surface area contributed by atoms with Crippen molar-refractivity contribution in [3.05, 3.63) is 0 Å². The van der Waals surface area contributed by atoms with Crippen LogP contribution in [0.2, 0.25) is 0 Å². The first-order valence-electron chi connectivity index (χ1n) is 7.55. The smallest absolute Gasteiger partial charge is 0.317 e. The summed E-state index contributed by atoms with van der Waals surface area (Å²) in [5.41, 5.74) is -0.828. The van der Waals surface area contributed by atoms with E-state index in [-0.39, 0.29) is 17.5 Å². The summed E-state index contributed by atoms with van der Waals surface area (Å²) in [6.07, 6.45) is 5.00. The van der Waals surface area contributed by atoms with Gasteiger partial charge in [0.05, 0.1) is 5.41 Å². The summed E-state index contributed by atoms with van der Waals surface area (Å²) in [4.78, 5) is 25.5. The fraction of sp³-hybridized carbons (Fsp3) is 0.867. The van der Waals surface area contributed by atoms with Crippen molar-refractivity contribution >= 4 is 12.0 Å². The molecule has 1 atom stereocenters. The van der Waals surface area contributed by atoms with E-state index in [2.05, 4.69) is 12.2 Å². The Balaban J connectivity index is 1.96. The number of likely N-dealkylation sites (tertiary alicyclic amines) is 1. The van der Waals surface area contributed by atoms with E-state index in [0.717, 1.165) is 32.2 Å². The van der Waals surface area contributed by atoms with Gasteiger partial charge in [-0.2, -0.15) is 0 Å². The zero-order valence-electron chi connectivity index (χ0n) is 12.7. The van der Waals surface area contributed by atoms with E-state index >= 15 is 0 Å². The summed E-state index contributed by atoms with van der Waals surface area (Å²) >= 11 is 0. The third-order valence-electron chi connectivity index (χ3n) is 5.15. The molecule has 1 saturated heterocycles. The number of amides is 2. The number of hydrogen-bond donors (Lipinski definition) is 2. The highest BCUT2D eigenvalue weighted by Crippen LogP contribution is 2.35. The lowest BCUT2D eigenvalue weighted by Gasteiger charge is -2.43. The Bertz CT molecular complexity index is 402. The zero-order valence-corrected chi connectivity index (χ0v) is 12.7. The van der Waals surface area contributed by atoms with E-state index in [0.29, 0.717) is 6.54 Å². The van der Waals surface area contributed by atoms with E-state index in [1.807, 2.05) is 0 Å². The van der Waals surface area contributed by atoms with E-state index < -0.39 is 11.4 Å². The minimum absolute atomic E-state index is 0.0219. The van der Waals surface area contributed by atoms with Crippen LogP contribution in [0.15, 0.2) is 0 Å². The number of carbonyl (C=O) groups is 2. The van der Waals surface area contributed by atoms with Crippen LogP contribution in [0.5, 0.6) is 0 Å². The SMILES string of the molecule is CC1(NC(=O)N2CCCC(C(C)(C)C(=O)O)C2)CCC1. The van der Waals surface area contributed by atoms with Crippen molar-refractivity contribution in [1.82, 2.24) is 10.2 Å². The summed E-state index contributed by atoms with van der Waals surface area (Å²) in [5.74, 6) is -0.760. The second-order valence-corrected chi connectivity index (χ2v) is 7.16. The molecule has 2 fully saturated rings. The summed E-state index contributed by atoms with van der Waals surface area (Å²) in [6.45, 7) is 6.87. The lowest BCUT2D eigenvalue weighted by atomic mass is 9.74. The van der Waals surface area contributed by atoms with Crippen LogP contribution < -0.4 is 5.32 Å². The molecule has 1 saturated carbocycles. The molecule has 1 unspecified atom stereocenters. The number of nitrogens with zero attached hydrogens (tertiary/aromatic N) is 1. The third-order valence-corrected chi connectivity index (χ3v) is 5.15. The molecule has 2 rings (SSSR count). The summed E-state index contributed by atoms with van der Waals surface area (Å²) in [6, 6.07) is -0.0295. The highest BCUT2D eigenvalue weighted by Gasteiger charge is 2.41. The van der Waals surface area contributed by atoms with Crippen molar-refractivity contribution in [2.24, 2.45) is 11.3 Å². The molecule has 0 aromatic carbocycles. The Hall–Kier alpha value is -1.26. The number of aliphatic carboxylic acids is 1. The molecule has 1 heterocycles. The molecule has 5 nitrogen and oxygen atoms in total. The molecule has 5 heteroatoms. The molecular weight excluding hydrogens is 256 g/mol. The highest BCUT2D eigenvalue weighted by molar-refractivity contribution is 5.76. The van der Waals surface area contributed by atoms with Gasteiger partial charge in [-0.1, -0.05) is 0 Å². The van der Waals surface area contributed by atoms with Crippen LogP contribution in [0.25, 0.3) is 0 Å². The molecule has 1 aliphatic heterocycles. The molecule has 0 spiro atoms. The van der Waals surface area contributed by atoms with Crippen molar-refractivity contribution in [2.75, 3.05) is 13.1 Å². The second kappa shape index (κ2) is 5.26. The van der Waals surface area contributed by atoms with Crippen LogP contribution in [0.1, 0.15) is 52.9 Å². The van der Waals surface area contributed by atoms with Crippen LogP contribution >= 0.6 is 0 Å². The molecule has 114 valence electrons. The number of rotatable bonds is 3. The Kier molecular flexibility index (Phi) is 3.98. The van der Waals surface area contributed by atoms with Crippen molar-refractivity contribution in [3.8, 4) is 0 Å². The Morgan fingerprint density at radius 3 is 2.45 bits per heavy atom. The summed E-state index contributed by atoms with van der Waals surface area (Å²) in [7, 11) is 0. The first kappa shape index (κ1) is 15.1. The molecule has 2 aliphatic rings. The molecule has 0 aromatic heterocycles. The maximum Gasteiger partial charge on any atom is 0.317 e.